The Morgan fingerprint density at radius 2 is 2.12 bits per heavy atom. The van der Waals surface area contributed by atoms with Crippen LogP contribution in [-0.2, 0) is 4.74 Å². The number of nitrogens with zero attached hydrogens (tertiary/aromatic N) is 1. The summed E-state index contributed by atoms with van der Waals surface area (Å²) in [6.07, 6.45) is 2.44. The van der Waals surface area contributed by atoms with Gasteiger partial charge in [0.05, 0.1) is 12.2 Å². The van der Waals surface area contributed by atoms with Gasteiger partial charge in [-0.1, -0.05) is 0 Å². The quantitative estimate of drug-likeness (QED) is 0.642. The number of nitrogen functional groups attached to an aromatic ring is 1. The summed E-state index contributed by atoms with van der Waals surface area (Å²) >= 11 is 0. The molecule has 0 saturated carbocycles. The molecule has 1 aliphatic heterocycles. The van der Waals surface area contributed by atoms with Crippen LogP contribution in [0.25, 0.3) is 0 Å². The zero-order valence-electron chi connectivity index (χ0n) is 10.1. The largest absolute Gasteiger partial charge is 0.462 e. The van der Waals surface area contributed by atoms with Gasteiger partial charge in [0.1, 0.15) is 0 Å². The third-order valence-corrected chi connectivity index (χ3v) is 3.00. The fraction of sp³-hybridized carbons (Fsp3) is 0.462. The fourth-order valence-electron chi connectivity index (χ4n) is 2.12. The van der Waals surface area contributed by atoms with Gasteiger partial charge in [-0.2, -0.15) is 0 Å². The van der Waals surface area contributed by atoms with Crippen molar-refractivity contribution >= 4 is 17.3 Å². The van der Waals surface area contributed by atoms with Gasteiger partial charge >= 0.3 is 5.97 Å². The molecule has 1 aliphatic rings. The standard InChI is InChI=1S/C13H18N2O2/c1-2-17-13(16)11-6-5-10(9-12(11)14)15-7-3-4-8-15/h5-6,9H,2-4,7-8,14H2,1H3. The Hall–Kier alpha value is -1.71. The number of carbonyl (C=O) groups is 1. The summed E-state index contributed by atoms with van der Waals surface area (Å²) in [5, 5.41) is 0. The number of nitrogens with two attached hydrogens (primary N) is 1. The van der Waals surface area contributed by atoms with E-state index < -0.39 is 0 Å². The molecule has 0 bridgehead atoms. The first-order chi connectivity index (χ1) is 8.22. The third-order valence-electron chi connectivity index (χ3n) is 3.00. The Morgan fingerprint density at radius 1 is 1.41 bits per heavy atom. The molecule has 1 aromatic rings. The van der Waals surface area contributed by atoms with Crippen LogP contribution in [0.1, 0.15) is 30.1 Å². The first kappa shape index (κ1) is 11.8. The Balaban J connectivity index is 2.19. The highest BCUT2D eigenvalue weighted by molar-refractivity contribution is 5.95. The topological polar surface area (TPSA) is 55.6 Å². The highest BCUT2D eigenvalue weighted by Crippen LogP contribution is 2.25. The number of carbonyl (C=O) groups excluding carboxylic acids is 1. The van der Waals surface area contributed by atoms with Gasteiger partial charge in [0.15, 0.2) is 0 Å². The van der Waals surface area contributed by atoms with Crippen molar-refractivity contribution in [3.05, 3.63) is 23.8 Å². The van der Waals surface area contributed by atoms with E-state index in [0.717, 1.165) is 18.8 Å². The van der Waals surface area contributed by atoms with E-state index in [4.69, 9.17) is 10.5 Å². The van der Waals surface area contributed by atoms with Crippen molar-refractivity contribution in [2.45, 2.75) is 19.8 Å². The van der Waals surface area contributed by atoms with E-state index in [0.29, 0.717) is 17.9 Å². The first-order valence-electron chi connectivity index (χ1n) is 6.04. The van der Waals surface area contributed by atoms with Crippen molar-refractivity contribution in [3.63, 3.8) is 0 Å². The predicted molar refractivity (Wildman–Crippen MR) is 68.3 cm³/mol. The predicted octanol–water partition coefficient (Wildman–Crippen LogP) is 2.05. The normalized spacial score (nSPS) is 15.0. The summed E-state index contributed by atoms with van der Waals surface area (Å²) in [7, 11) is 0. The maximum absolute atomic E-state index is 11.6. The molecule has 0 unspecified atom stereocenters. The molecule has 0 aromatic heterocycles. The molecule has 1 fully saturated rings. The van der Waals surface area contributed by atoms with Crippen LogP contribution in [0.2, 0.25) is 0 Å². The fourth-order valence-corrected chi connectivity index (χ4v) is 2.12. The molecule has 0 amide bonds. The number of hydrogen-bond donors (Lipinski definition) is 1. The minimum Gasteiger partial charge on any atom is -0.462 e. The highest BCUT2D eigenvalue weighted by Gasteiger charge is 2.15. The lowest BCUT2D eigenvalue weighted by atomic mass is 10.1. The van der Waals surface area contributed by atoms with Crippen LogP contribution in [0.4, 0.5) is 11.4 Å². The number of benzene rings is 1. The van der Waals surface area contributed by atoms with Gasteiger partial charge in [0.2, 0.25) is 0 Å². The molecule has 1 heterocycles. The minimum atomic E-state index is -0.349. The summed E-state index contributed by atoms with van der Waals surface area (Å²) in [4.78, 5) is 13.9. The van der Waals surface area contributed by atoms with Crippen LogP contribution in [0, 0.1) is 0 Å². The van der Waals surface area contributed by atoms with E-state index in [1.165, 1.54) is 12.8 Å². The number of hydrogen-bond acceptors (Lipinski definition) is 4. The van der Waals surface area contributed by atoms with E-state index in [1.54, 1.807) is 13.0 Å². The summed E-state index contributed by atoms with van der Waals surface area (Å²) in [6, 6.07) is 5.55. The molecule has 92 valence electrons. The molecule has 0 radical (unpaired) electrons. The lowest BCUT2D eigenvalue weighted by Gasteiger charge is -2.18. The monoisotopic (exact) mass is 234 g/mol. The van der Waals surface area contributed by atoms with Crippen LogP contribution >= 0.6 is 0 Å². The van der Waals surface area contributed by atoms with Gasteiger partial charge < -0.3 is 15.4 Å². The van der Waals surface area contributed by atoms with Crippen molar-refractivity contribution in [2.75, 3.05) is 30.3 Å². The number of esters is 1. The molecule has 0 atom stereocenters. The zero-order chi connectivity index (χ0) is 12.3. The average Bonchev–Trinajstić information content (AvgIpc) is 2.82. The van der Waals surface area contributed by atoms with Gasteiger partial charge in [-0.05, 0) is 38.0 Å². The van der Waals surface area contributed by atoms with Crippen molar-refractivity contribution in [1.29, 1.82) is 0 Å². The molecule has 1 aromatic carbocycles. The van der Waals surface area contributed by atoms with Crippen LogP contribution in [0.15, 0.2) is 18.2 Å². The van der Waals surface area contributed by atoms with Crippen LogP contribution in [0.3, 0.4) is 0 Å². The third kappa shape index (κ3) is 2.52. The minimum absolute atomic E-state index is 0.349. The van der Waals surface area contributed by atoms with E-state index in [9.17, 15) is 4.79 Å². The maximum Gasteiger partial charge on any atom is 0.340 e. The van der Waals surface area contributed by atoms with E-state index in [-0.39, 0.29) is 5.97 Å². The van der Waals surface area contributed by atoms with Crippen molar-refractivity contribution < 1.29 is 9.53 Å². The molecular formula is C13H18N2O2. The molecule has 2 rings (SSSR count). The van der Waals surface area contributed by atoms with Gasteiger partial charge in [-0.3, -0.25) is 0 Å². The SMILES string of the molecule is CCOC(=O)c1ccc(N2CCCC2)cc1N. The van der Waals surface area contributed by atoms with E-state index in [1.807, 2.05) is 12.1 Å². The van der Waals surface area contributed by atoms with E-state index in [2.05, 4.69) is 4.90 Å². The molecule has 1 saturated heterocycles. The smallest absolute Gasteiger partial charge is 0.340 e. The summed E-state index contributed by atoms with van der Waals surface area (Å²) in [6.45, 7) is 4.29. The molecule has 4 heteroatoms. The number of anilines is 2. The average molecular weight is 234 g/mol. The Kier molecular flexibility index (Phi) is 3.52. The van der Waals surface area contributed by atoms with Gasteiger partial charge in [0.25, 0.3) is 0 Å². The summed E-state index contributed by atoms with van der Waals surface area (Å²) in [5.74, 6) is -0.349. The van der Waals surface area contributed by atoms with Crippen molar-refractivity contribution in [2.24, 2.45) is 0 Å². The second kappa shape index (κ2) is 5.08. The van der Waals surface area contributed by atoms with Crippen molar-refractivity contribution in [1.82, 2.24) is 0 Å². The number of rotatable bonds is 3. The van der Waals surface area contributed by atoms with Crippen LogP contribution in [0.5, 0.6) is 0 Å². The Bertz CT molecular complexity index is 412. The lowest BCUT2D eigenvalue weighted by molar-refractivity contribution is 0.0527. The maximum atomic E-state index is 11.6. The number of ether oxygens (including phenoxy) is 1. The van der Waals surface area contributed by atoms with Gasteiger partial charge in [-0.15, -0.1) is 0 Å². The van der Waals surface area contributed by atoms with Gasteiger partial charge in [0, 0.05) is 24.5 Å². The Labute approximate surface area is 101 Å². The summed E-state index contributed by atoms with van der Waals surface area (Å²) < 4.78 is 4.94. The summed E-state index contributed by atoms with van der Waals surface area (Å²) in [5.41, 5.74) is 7.93. The molecule has 0 aliphatic carbocycles. The second-order valence-corrected chi connectivity index (χ2v) is 4.19. The van der Waals surface area contributed by atoms with Crippen LogP contribution in [-0.4, -0.2) is 25.7 Å². The van der Waals surface area contributed by atoms with Crippen LogP contribution < -0.4 is 10.6 Å². The molecule has 4 nitrogen and oxygen atoms in total. The highest BCUT2D eigenvalue weighted by atomic mass is 16.5. The second-order valence-electron chi connectivity index (χ2n) is 4.19. The first-order valence-corrected chi connectivity index (χ1v) is 6.04. The molecule has 17 heavy (non-hydrogen) atoms. The molecule has 2 N–H and O–H groups in total. The molecular weight excluding hydrogens is 216 g/mol. The molecule has 0 spiro atoms. The van der Waals surface area contributed by atoms with E-state index >= 15 is 0 Å². The lowest BCUT2D eigenvalue weighted by Crippen LogP contribution is -2.18. The zero-order valence-corrected chi connectivity index (χ0v) is 10.1. The van der Waals surface area contributed by atoms with Gasteiger partial charge in [-0.25, -0.2) is 4.79 Å². The Morgan fingerprint density at radius 3 is 2.71 bits per heavy atom. The van der Waals surface area contributed by atoms with Crippen molar-refractivity contribution in [3.8, 4) is 0 Å².